The Bertz CT molecular complexity index is 1160. The van der Waals surface area contributed by atoms with Gasteiger partial charge >= 0.3 is 0 Å². The lowest BCUT2D eigenvalue weighted by molar-refractivity contribution is -0.123. The van der Waals surface area contributed by atoms with E-state index in [1.807, 2.05) is 0 Å². The van der Waals surface area contributed by atoms with E-state index in [2.05, 4.69) is 10.3 Å². The van der Waals surface area contributed by atoms with Crippen LogP contribution in [0.2, 0.25) is 0 Å². The van der Waals surface area contributed by atoms with Crippen LogP contribution in [0.25, 0.3) is 0 Å². The molecule has 1 unspecified atom stereocenters. The molecular formula is C28H30FN3O4. The zero-order valence-corrected chi connectivity index (χ0v) is 20.4. The number of halogens is 1. The number of hydrogen-bond acceptors (Lipinski definition) is 5. The van der Waals surface area contributed by atoms with Gasteiger partial charge in [0, 0.05) is 30.4 Å². The maximum Gasteiger partial charge on any atom is 0.277 e. The zero-order valence-electron chi connectivity index (χ0n) is 20.4. The number of nitrogens with zero attached hydrogens (tertiary/aromatic N) is 2. The maximum atomic E-state index is 14.0. The fourth-order valence-corrected chi connectivity index (χ4v) is 4.52. The van der Waals surface area contributed by atoms with Gasteiger partial charge in [0.2, 0.25) is 5.91 Å². The minimum absolute atomic E-state index is 0.0147. The number of benzene rings is 2. The first kappa shape index (κ1) is 25.2. The topological polar surface area (TPSA) is 80.8 Å². The predicted octanol–water partition coefficient (Wildman–Crippen LogP) is 5.07. The summed E-state index contributed by atoms with van der Waals surface area (Å²) in [6, 6.07) is 14.6. The predicted molar refractivity (Wildman–Crippen MR) is 135 cm³/mol. The molecule has 3 aromatic rings. The van der Waals surface area contributed by atoms with Crippen LogP contribution in [0.1, 0.15) is 54.2 Å². The van der Waals surface area contributed by atoms with Gasteiger partial charge in [-0.15, -0.1) is 0 Å². The quantitative estimate of drug-likeness (QED) is 0.476. The third-order valence-electron chi connectivity index (χ3n) is 6.36. The number of aromatic nitrogens is 1. The molecule has 2 aromatic carbocycles. The normalized spacial score (nSPS) is 14.5. The summed E-state index contributed by atoms with van der Waals surface area (Å²) in [5.41, 5.74) is 1.02. The van der Waals surface area contributed by atoms with Crippen LogP contribution in [-0.4, -0.2) is 37.1 Å². The maximum absolute atomic E-state index is 14.0. The molecule has 0 saturated heterocycles. The largest absolute Gasteiger partial charge is 0.497 e. The van der Waals surface area contributed by atoms with Crippen molar-refractivity contribution in [3.8, 4) is 11.5 Å². The molecule has 0 bridgehead atoms. The summed E-state index contributed by atoms with van der Waals surface area (Å²) in [7, 11) is 3.02. The summed E-state index contributed by atoms with van der Waals surface area (Å²) in [5, 5.41) is 3.14. The lowest BCUT2D eigenvalue weighted by Gasteiger charge is -2.33. The first-order valence-corrected chi connectivity index (χ1v) is 12.0. The second kappa shape index (κ2) is 11.7. The molecule has 0 spiro atoms. The fraction of sp³-hybridized carbons (Fsp3) is 0.321. The first-order valence-electron chi connectivity index (χ1n) is 12.0. The van der Waals surface area contributed by atoms with Gasteiger partial charge in [-0.25, -0.2) is 4.39 Å². The molecule has 1 aliphatic carbocycles. The second-order valence-electron chi connectivity index (χ2n) is 8.76. The Morgan fingerprint density at radius 3 is 2.22 bits per heavy atom. The van der Waals surface area contributed by atoms with Gasteiger partial charge < -0.3 is 14.8 Å². The summed E-state index contributed by atoms with van der Waals surface area (Å²) in [4.78, 5) is 33.4. The number of methoxy groups -OCH3 is 2. The van der Waals surface area contributed by atoms with Gasteiger partial charge in [0.15, 0.2) is 0 Å². The molecule has 36 heavy (non-hydrogen) atoms. The number of ether oxygens (including phenoxy) is 2. The van der Waals surface area contributed by atoms with Crippen LogP contribution in [0, 0.1) is 5.82 Å². The van der Waals surface area contributed by atoms with E-state index < -0.39 is 17.8 Å². The number of carbonyl (C=O) groups is 2. The number of pyridine rings is 1. The first-order chi connectivity index (χ1) is 17.5. The standard InChI is InChI=1S/C28H30FN3O4/c1-35-23-16-22(17-24(18-23)36-2)32(28(34)25-10-6-7-15-30-25)26(19-11-13-20(29)14-12-19)27(33)31-21-8-4-3-5-9-21/h6-7,10-18,21,26H,3-5,8-9H2,1-2H3,(H,31,33). The molecule has 8 heteroatoms. The van der Waals surface area contributed by atoms with E-state index in [9.17, 15) is 14.0 Å². The lowest BCUT2D eigenvalue weighted by Crippen LogP contribution is -2.47. The molecule has 1 saturated carbocycles. The van der Waals surface area contributed by atoms with Gasteiger partial charge in [-0.3, -0.25) is 19.5 Å². The van der Waals surface area contributed by atoms with E-state index in [1.165, 1.54) is 49.6 Å². The molecule has 188 valence electrons. The molecule has 1 N–H and O–H groups in total. The van der Waals surface area contributed by atoms with Crippen LogP contribution in [-0.2, 0) is 4.79 Å². The summed E-state index contributed by atoms with van der Waals surface area (Å²) in [6.07, 6.45) is 6.49. The zero-order chi connectivity index (χ0) is 25.5. The third kappa shape index (κ3) is 5.82. The van der Waals surface area contributed by atoms with E-state index in [0.717, 1.165) is 32.1 Å². The van der Waals surface area contributed by atoms with Crippen LogP contribution in [0.5, 0.6) is 11.5 Å². The smallest absolute Gasteiger partial charge is 0.277 e. The minimum atomic E-state index is -1.08. The van der Waals surface area contributed by atoms with Crippen molar-refractivity contribution in [2.24, 2.45) is 0 Å². The number of nitrogens with one attached hydrogen (secondary N) is 1. The Hall–Kier alpha value is -3.94. The van der Waals surface area contributed by atoms with E-state index in [-0.39, 0.29) is 17.6 Å². The van der Waals surface area contributed by atoms with E-state index in [0.29, 0.717) is 22.7 Å². The summed E-state index contributed by atoms with van der Waals surface area (Å²) in [5.74, 6) is -0.364. The van der Waals surface area contributed by atoms with Crippen LogP contribution in [0.4, 0.5) is 10.1 Å². The molecule has 1 atom stereocenters. The van der Waals surface area contributed by atoms with E-state index in [4.69, 9.17) is 9.47 Å². The molecule has 7 nitrogen and oxygen atoms in total. The fourth-order valence-electron chi connectivity index (χ4n) is 4.52. The van der Waals surface area contributed by atoms with E-state index in [1.54, 1.807) is 36.4 Å². The highest BCUT2D eigenvalue weighted by Gasteiger charge is 2.35. The molecule has 0 radical (unpaired) electrons. The number of amides is 2. The monoisotopic (exact) mass is 491 g/mol. The van der Waals surface area contributed by atoms with Crippen molar-refractivity contribution < 1.29 is 23.5 Å². The average molecular weight is 492 g/mol. The van der Waals surface area contributed by atoms with Gasteiger partial charge in [0.25, 0.3) is 5.91 Å². The number of anilines is 1. The van der Waals surface area contributed by atoms with Crippen molar-refractivity contribution in [3.05, 3.63) is 83.9 Å². The van der Waals surface area contributed by atoms with Crippen LogP contribution < -0.4 is 19.7 Å². The molecule has 4 rings (SSSR count). The van der Waals surface area contributed by atoms with Crippen molar-refractivity contribution in [3.63, 3.8) is 0 Å². The summed E-state index contributed by atoms with van der Waals surface area (Å²) < 4.78 is 24.7. The van der Waals surface area contributed by atoms with Crippen molar-refractivity contribution >= 4 is 17.5 Å². The lowest BCUT2D eigenvalue weighted by atomic mass is 9.94. The average Bonchev–Trinajstić information content (AvgIpc) is 2.92. The van der Waals surface area contributed by atoms with Gasteiger partial charge in [-0.2, -0.15) is 0 Å². The molecule has 1 aliphatic rings. The van der Waals surface area contributed by atoms with Gasteiger partial charge in [-0.05, 0) is 42.7 Å². The van der Waals surface area contributed by atoms with Gasteiger partial charge in [-0.1, -0.05) is 37.5 Å². The Morgan fingerprint density at radius 1 is 0.972 bits per heavy atom. The minimum Gasteiger partial charge on any atom is -0.497 e. The van der Waals surface area contributed by atoms with Crippen molar-refractivity contribution in [2.45, 2.75) is 44.2 Å². The molecule has 2 amide bonds. The third-order valence-corrected chi connectivity index (χ3v) is 6.36. The molecular weight excluding hydrogens is 461 g/mol. The van der Waals surface area contributed by atoms with Crippen molar-refractivity contribution in [2.75, 3.05) is 19.1 Å². The SMILES string of the molecule is COc1cc(OC)cc(N(C(=O)c2ccccn2)C(C(=O)NC2CCCCC2)c2ccc(F)cc2)c1. The number of carbonyl (C=O) groups excluding carboxylic acids is 2. The Kier molecular flexibility index (Phi) is 8.15. The van der Waals surface area contributed by atoms with Gasteiger partial charge in [0.1, 0.15) is 29.1 Å². The Morgan fingerprint density at radius 2 is 1.64 bits per heavy atom. The highest BCUT2D eigenvalue weighted by molar-refractivity contribution is 6.09. The highest BCUT2D eigenvalue weighted by Crippen LogP contribution is 2.35. The molecule has 1 fully saturated rings. The van der Waals surface area contributed by atoms with Crippen LogP contribution >= 0.6 is 0 Å². The number of hydrogen-bond donors (Lipinski definition) is 1. The molecule has 1 heterocycles. The van der Waals surface area contributed by atoms with Crippen molar-refractivity contribution in [1.29, 1.82) is 0 Å². The van der Waals surface area contributed by atoms with Crippen LogP contribution in [0.3, 0.4) is 0 Å². The molecule has 0 aliphatic heterocycles. The van der Waals surface area contributed by atoms with Crippen molar-refractivity contribution in [1.82, 2.24) is 10.3 Å². The van der Waals surface area contributed by atoms with Crippen LogP contribution in [0.15, 0.2) is 66.9 Å². The highest BCUT2D eigenvalue weighted by atomic mass is 19.1. The molecule has 1 aromatic heterocycles. The van der Waals surface area contributed by atoms with Gasteiger partial charge in [0.05, 0.1) is 19.9 Å². The van der Waals surface area contributed by atoms with E-state index >= 15 is 0 Å². The Labute approximate surface area is 210 Å². The Balaban J connectivity index is 1.85. The summed E-state index contributed by atoms with van der Waals surface area (Å²) >= 11 is 0. The summed E-state index contributed by atoms with van der Waals surface area (Å²) in [6.45, 7) is 0. The second-order valence-corrected chi connectivity index (χ2v) is 8.76. The number of rotatable bonds is 8.